The Balaban J connectivity index is 2.36. The Morgan fingerprint density at radius 1 is 1.06 bits per heavy atom. The van der Waals surface area contributed by atoms with E-state index in [0.717, 1.165) is 11.3 Å². The van der Waals surface area contributed by atoms with Gasteiger partial charge in [0.15, 0.2) is 0 Å². The predicted molar refractivity (Wildman–Crippen MR) is 69.5 cm³/mol. The molecule has 0 aliphatic carbocycles. The van der Waals surface area contributed by atoms with Crippen LogP contribution < -0.4 is 0 Å². The van der Waals surface area contributed by atoms with E-state index in [1.165, 1.54) is 0 Å². The molecule has 4 heteroatoms. The van der Waals surface area contributed by atoms with Crippen molar-refractivity contribution in [1.82, 2.24) is 4.98 Å². The zero-order chi connectivity index (χ0) is 12.4. The predicted octanol–water partition coefficient (Wildman–Crippen LogP) is 3.78. The van der Waals surface area contributed by atoms with Crippen LogP contribution in [0.3, 0.4) is 0 Å². The molecule has 0 amide bonds. The summed E-state index contributed by atoms with van der Waals surface area (Å²) < 4.78 is 0. The Bertz CT molecular complexity index is 543. The van der Waals surface area contributed by atoms with Crippen LogP contribution in [-0.2, 0) is 0 Å². The second-order valence-electron chi connectivity index (χ2n) is 3.81. The first-order valence-corrected chi connectivity index (χ1v) is 5.89. The van der Waals surface area contributed by atoms with E-state index in [0.29, 0.717) is 15.6 Å². The second kappa shape index (κ2) is 5.05. The Morgan fingerprint density at radius 3 is 2.41 bits per heavy atom. The van der Waals surface area contributed by atoms with E-state index in [1.54, 1.807) is 30.5 Å². The lowest BCUT2D eigenvalue weighted by Crippen LogP contribution is -2.00. The van der Waals surface area contributed by atoms with Crippen LogP contribution in [0.2, 0.25) is 10.0 Å². The summed E-state index contributed by atoms with van der Waals surface area (Å²) >= 11 is 11.8. The minimum Gasteiger partial charge on any atom is -0.384 e. The van der Waals surface area contributed by atoms with Crippen molar-refractivity contribution in [3.63, 3.8) is 0 Å². The van der Waals surface area contributed by atoms with Crippen LogP contribution in [0, 0.1) is 6.92 Å². The highest BCUT2D eigenvalue weighted by Gasteiger charge is 2.12. The summed E-state index contributed by atoms with van der Waals surface area (Å²) in [5.41, 5.74) is 2.36. The summed E-state index contributed by atoms with van der Waals surface area (Å²) in [5.74, 6) is 0. The second-order valence-corrected chi connectivity index (χ2v) is 4.62. The van der Waals surface area contributed by atoms with E-state index in [4.69, 9.17) is 23.2 Å². The van der Waals surface area contributed by atoms with Gasteiger partial charge >= 0.3 is 0 Å². The number of aryl methyl sites for hydroxylation is 1. The van der Waals surface area contributed by atoms with Crippen molar-refractivity contribution in [2.24, 2.45) is 0 Å². The summed E-state index contributed by atoms with van der Waals surface area (Å²) in [4.78, 5) is 4.09. The van der Waals surface area contributed by atoms with Gasteiger partial charge in [0.1, 0.15) is 6.10 Å². The summed E-state index contributed by atoms with van der Waals surface area (Å²) in [6.45, 7) is 1.88. The van der Waals surface area contributed by atoms with Gasteiger partial charge in [-0.25, -0.2) is 0 Å². The smallest absolute Gasteiger partial charge is 0.104 e. The van der Waals surface area contributed by atoms with Gasteiger partial charge in [-0.15, -0.1) is 0 Å². The van der Waals surface area contributed by atoms with Crippen LogP contribution in [-0.4, -0.2) is 10.1 Å². The molecule has 0 saturated carbocycles. The van der Waals surface area contributed by atoms with Gasteiger partial charge < -0.3 is 5.11 Å². The lowest BCUT2D eigenvalue weighted by Gasteiger charge is -2.12. The van der Waals surface area contributed by atoms with Crippen molar-refractivity contribution in [2.45, 2.75) is 13.0 Å². The Hall–Kier alpha value is -1.09. The largest absolute Gasteiger partial charge is 0.384 e. The van der Waals surface area contributed by atoms with Crippen molar-refractivity contribution in [3.05, 3.63) is 63.4 Å². The maximum Gasteiger partial charge on any atom is 0.104 e. The molecule has 17 heavy (non-hydrogen) atoms. The third-order valence-electron chi connectivity index (χ3n) is 2.50. The molecule has 1 N–H and O–H groups in total. The summed E-state index contributed by atoms with van der Waals surface area (Å²) in [5, 5.41) is 11.1. The van der Waals surface area contributed by atoms with Gasteiger partial charge in [-0.3, -0.25) is 4.98 Å². The van der Waals surface area contributed by atoms with E-state index in [-0.39, 0.29) is 0 Å². The molecule has 1 heterocycles. The first-order chi connectivity index (χ1) is 8.08. The molecule has 2 nitrogen and oxygen atoms in total. The highest BCUT2D eigenvalue weighted by atomic mass is 35.5. The molecular weight excluding hydrogens is 257 g/mol. The van der Waals surface area contributed by atoms with Crippen LogP contribution in [0.1, 0.15) is 22.9 Å². The van der Waals surface area contributed by atoms with Gasteiger partial charge in [0.05, 0.1) is 10.0 Å². The lowest BCUT2D eigenvalue weighted by atomic mass is 10.0. The third kappa shape index (κ3) is 2.78. The average Bonchev–Trinajstić information content (AvgIpc) is 2.32. The highest BCUT2D eigenvalue weighted by Crippen LogP contribution is 2.28. The fourth-order valence-electron chi connectivity index (χ4n) is 1.61. The normalized spacial score (nSPS) is 12.5. The molecule has 0 saturated heterocycles. The number of hydrogen-bond acceptors (Lipinski definition) is 2. The topological polar surface area (TPSA) is 33.1 Å². The number of nitrogens with zero attached hydrogens (tertiary/aromatic N) is 1. The molecule has 0 aliphatic heterocycles. The van der Waals surface area contributed by atoms with Crippen molar-refractivity contribution >= 4 is 23.2 Å². The van der Waals surface area contributed by atoms with Crippen molar-refractivity contribution < 1.29 is 5.11 Å². The molecule has 0 aliphatic rings. The number of aromatic nitrogens is 1. The number of halogens is 2. The summed E-state index contributed by atoms with van der Waals surface area (Å²) in [7, 11) is 0. The Morgan fingerprint density at radius 2 is 1.76 bits per heavy atom. The summed E-state index contributed by atoms with van der Waals surface area (Å²) in [6, 6.07) is 8.73. The monoisotopic (exact) mass is 267 g/mol. The fraction of sp³-hybridized carbons (Fsp3) is 0.154. The molecule has 0 radical (unpaired) electrons. The van der Waals surface area contributed by atoms with Gasteiger partial charge in [0.25, 0.3) is 0 Å². The van der Waals surface area contributed by atoms with Gasteiger partial charge in [-0.05, 0) is 42.3 Å². The molecule has 1 aromatic carbocycles. The lowest BCUT2D eigenvalue weighted by molar-refractivity contribution is 0.220. The van der Waals surface area contributed by atoms with Gasteiger partial charge in [0, 0.05) is 11.9 Å². The quantitative estimate of drug-likeness (QED) is 0.899. The van der Waals surface area contributed by atoms with Crippen LogP contribution in [0.15, 0.2) is 36.5 Å². The number of hydrogen-bond donors (Lipinski definition) is 1. The highest BCUT2D eigenvalue weighted by molar-refractivity contribution is 6.42. The maximum atomic E-state index is 10.2. The molecule has 1 unspecified atom stereocenters. The molecule has 0 fully saturated rings. The number of aliphatic hydroxyl groups is 1. The maximum absolute atomic E-state index is 10.2. The molecule has 88 valence electrons. The minimum atomic E-state index is -0.716. The van der Waals surface area contributed by atoms with E-state index in [1.807, 2.05) is 13.0 Å². The van der Waals surface area contributed by atoms with Crippen LogP contribution in [0.25, 0.3) is 0 Å². The fourth-order valence-corrected chi connectivity index (χ4v) is 1.92. The van der Waals surface area contributed by atoms with E-state index in [9.17, 15) is 5.11 Å². The van der Waals surface area contributed by atoms with Crippen molar-refractivity contribution in [3.8, 4) is 0 Å². The number of pyridine rings is 1. The van der Waals surface area contributed by atoms with Crippen LogP contribution in [0.4, 0.5) is 0 Å². The van der Waals surface area contributed by atoms with E-state index in [2.05, 4.69) is 4.98 Å². The van der Waals surface area contributed by atoms with Crippen LogP contribution >= 0.6 is 23.2 Å². The first-order valence-electron chi connectivity index (χ1n) is 5.13. The number of rotatable bonds is 2. The molecule has 0 spiro atoms. The third-order valence-corrected chi connectivity index (χ3v) is 3.23. The number of benzene rings is 1. The van der Waals surface area contributed by atoms with E-state index < -0.39 is 6.10 Å². The molecule has 1 atom stereocenters. The van der Waals surface area contributed by atoms with Gasteiger partial charge in [-0.1, -0.05) is 29.3 Å². The minimum absolute atomic E-state index is 0.439. The van der Waals surface area contributed by atoms with Gasteiger partial charge in [-0.2, -0.15) is 0 Å². The molecule has 2 aromatic rings. The Kier molecular flexibility index (Phi) is 3.67. The zero-order valence-electron chi connectivity index (χ0n) is 9.19. The van der Waals surface area contributed by atoms with Gasteiger partial charge in [0.2, 0.25) is 0 Å². The van der Waals surface area contributed by atoms with Crippen molar-refractivity contribution in [2.75, 3.05) is 0 Å². The first kappa shape index (κ1) is 12.4. The van der Waals surface area contributed by atoms with E-state index >= 15 is 0 Å². The number of aliphatic hydroxyl groups excluding tert-OH is 1. The zero-order valence-corrected chi connectivity index (χ0v) is 10.7. The summed E-state index contributed by atoms with van der Waals surface area (Å²) in [6.07, 6.45) is 0.956. The SMILES string of the molecule is Cc1cc(C(O)c2ccc(Cl)c(Cl)c2)ccn1. The Labute approximate surface area is 110 Å². The molecular formula is C13H11Cl2NO. The van der Waals surface area contributed by atoms with Crippen LogP contribution in [0.5, 0.6) is 0 Å². The molecule has 2 rings (SSSR count). The molecule has 1 aromatic heterocycles. The van der Waals surface area contributed by atoms with Crippen molar-refractivity contribution in [1.29, 1.82) is 0 Å². The average molecular weight is 268 g/mol. The molecule has 0 bridgehead atoms. The standard InChI is InChI=1S/C13H11Cl2NO/c1-8-6-10(4-5-16-8)13(17)9-2-3-11(14)12(15)7-9/h2-7,13,17H,1H3.